The molecule has 0 spiro atoms. The number of rotatable bonds is 5. The quantitative estimate of drug-likeness (QED) is 0.759. The van der Waals surface area contributed by atoms with Gasteiger partial charge in [0.25, 0.3) is 0 Å². The second kappa shape index (κ2) is 8.74. The maximum atomic E-state index is 10.6. The van der Waals surface area contributed by atoms with Gasteiger partial charge in [-0.3, -0.25) is 4.79 Å². The molecule has 0 bridgehead atoms. The van der Waals surface area contributed by atoms with Gasteiger partial charge in [-0.25, -0.2) is 4.79 Å². The minimum Gasteiger partial charge on any atom is -0.481 e. The van der Waals surface area contributed by atoms with E-state index in [1.807, 2.05) is 0 Å². The molecule has 5 nitrogen and oxygen atoms in total. The third-order valence-corrected chi connectivity index (χ3v) is 3.33. The van der Waals surface area contributed by atoms with Crippen molar-refractivity contribution in [1.29, 1.82) is 0 Å². The number of ether oxygens (including phenoxy) is 1. The summed E-state index contributed by atoms with van der Waals surface area (Å²) in [7, 11) is 0. The molecule has 0 fully saturated rings. The Morgan fingerprint density at radius 3 is 2.10 bits per heavy atom. The highest BCUT2D eigenvalue weighted by molar-refractivity contribution is 5.91. The first-order chi connectivity index (χ1) is 9.18. The van der Waals surface area contributed by atoms with Crippen LogP contribution in [0.3, 0.4) is 0 Å². The predicted molar refractivity (Wildman–Crippen MR) is 76.0 cm³/mol. The average molecular weight is 286 g/mol. The van der Waals surface area contributed by atoms with Crippen molar-refractivity contribution in [3.63, 3.8) is 0 Å². The van der Waals surface area contributed by atoms with E-state index in [1.54, 1.807) is 13.8 Å². The normalized spacial score (nSPS) is 19.6. The molecule has 1 aliphatic heterocycles. The third-order valence-electron chi connectivity index (χ3n) is 3.33. The molecule has 0 radical (unpaired) electrons. The van der Waals surface area contributed by atoms with Gasteiger partial charge in [-0.15, -0.1) is 0 Å². The van der Waals surface area contributed by atoms with Crippen LogP contribution in [0.15, 0.2) is 11.1 Å². The molecule has 2 atom stereocenters. The zero-order valence-corrected chi connectivity index (χ0v) is 13.0. The number of carboxylic acid groups (broad SMARTS) is 1. The van der Waals surface area contributed by atoms with Gasteiger partial charge in [-0.05, 0) is 32.1 Å². The Hall–Kier alpha value is -1.36. The molecule has 0 saturated carbocycles. The van der Waals surface area contributed by atoms with Gasteiger partial charge in [0.05, 0.1) is 0 Å². The van der Waals surface area contributed by atoms with Crippen molar-refractivity contribution >= 4 is 11.9 Å². The maximum Gasteiger partial charge on any atom is 0.336 e. The Morgan fingerprint density at radius 2 is 1.90 bits per heavy atom. The second-order valence-electron chi connectivity index (χ2n) is 5.57. The fourth-order valence-corrected chi connectivity index (χ4v) is 1.93. The number of hydrogen-bond acceptors (Lipinski definition) is 4. The largest absolute Gasteiger partial charge is 0.481 e. The monoisotopic (exact) mass is 286 g/mol. The molecule has 0 aromatic carbocycles. The molecule has 2 N–H and O–H groups in total. The number of cyclic esters (lactones) is 1. The van der Waals surface area contributed by atoms with Crippen molar-refractivity contribution in [3.8, 4) is 0 Å². The first-order valence-electron chi connectivity index (χ1n) is 6.97. The minimum atomic E-state index is -1.00. The Balaban J connectivity index is 0.000000367. The minimum absolute atomic E-state index is 0.328. The lowest BCUT2D eigenvalue weighted by atomic mass is 9.92. The van der Waals surface area contributed by atoms with Crippen molar-refractivity contribution < 1.29 is 24.5 Å². The topological polar surface area (TPSA) is 83.8 Å². The van der Waals surface area contributed by atoms with E-state index in [1.165, 1.54) is 0 Å². The van der Waals surface area contributed by atoms with Crippen molar-refractivity contribution in [2.45, 2.75) is 60.2 Å². The molecule has 116 valence electrons. The molecule has 1 heterocycles. The Bertz CT molecular complexity index is 370. The summed E-state index contributed by atoms with van der Waals surface area (Å²) in [6, 6.07) is 0. The summed E-state index contributed by atoms with van der Waals surface area (Å²) in [4.78, 5) is 20.9. The van der Waals surface area contributed by atoms with Crippen LogP contribution in [0.1, 0.15) is 53.9 Å². The van der Waals surface area contributed by atoms with E-state index in [9.17, 15) is 9.59 Å². The van der Waals surface area contributed by atoms with Gasteiger partial charge in [0.1, 0.15) is 0 Å². The van der Waals surface area contributed by atoms with Crippen LogP contribution in [0.4, 0.5) is 0 Å². The van der Waals surface area contributed by atoms with E-state index < -0.39 is 18.2 Å². The number of hydrogen-bond donors (Lipinski definition) is 2. The van der Waals surface area contributed by atoms with Crippen LogP contribution in [0.25, 0.3) is 0 Å². The highest BCUT2D eigenvalue weighted by atomic mass is 16.6. The first-order valence-corrected chi connectivity index (χ1v) is 6.97. The van der Waals surface area contributed by atoms with Gasteiger partial charge < -0.3 is 14.9 Å². The third kappa shape index (κ3) is 6.70. The van der Waals surface area contributed by atoms with Gasteiger partial charge >= 0.3 is 11.9 Å². The number of carbonyl (C=O) groups is 2. The highest BCUT2D eigenvalue weighted by Gasteiger charge is 2.25. The average Bonchev–Trinajstić information content (AvgIpc) is 2.55. The lowest BCUT2D eigenvalue weighted by Crippen LogP contribution is -2.09. The summed E-state index contributed by atoms with van der Waals surface area (Å²) in [5.74, 6) is -0.107. The standard InChI is InChI=1S/C9H18O2.C6H8O3/c1-4-8(5-7(2)3)6-9(10)11;1-3-4(2)6(8)9-5(3)7/h7-8H,4-6H2,1-3H3,(H,10,11);5,7H,1-2H3. The Labute approximate surface area is 120 Å². The molecule has 1 rings (SSSR count). The summed E-state index contributed by atoms with van der Waals surface area (Å²) in [6.07, 6.45) is 1.33. The molecule has 2 unspecified atom stereocenters. The van der Waals surface area contributed by atoms with Crippen molar-refractivity contribution in [2.24, 2.45) is 11.8 Å². The van der Waals surface area contributed by atoms with E-state index >= 15 is 0 Å². The van der Waals surface area contributed by atoms with Gasteiger partial charge in [0.15, 0.2) is 0 Å². The molecule has 0 aromatic heterocycles. The Morgan fingerprint density at radius 1 is 1.35 bits per heavy atom. The van der Waals surface area contributed by atoms with Crippen LogP contribution in [0, 0.1) is 11.8 Å². The molecule has 0 aromatic rings. The molecule has 0 amide bonds. The molecule has 20 heavy (non-hydrogen) atoms. The van der Waals surface area contributed by atoms with Gasteiger partial charge in [-0.1, -0.05) is 27.2 Å². The van der Waals surface area contributed by atoms with Crippen LogP contribution < -0.4 is 0 Å². The summed E-state index contributed by atoms with van der Waals surface area (Å²) >= 11 is 0. The summed E-state index contributed by atoms with van der Waals surface area (Å²) in [5.41, 5.74) is 1.13. The van der Waals surface area contributed by atoms with Crippen LogP contribution in [-0.2, 0) is 14.3 Å². The fraction of sp³-hybridized carbons (Fsp3) is 0.733. The van der Waals surface area contributed by atoms with Gasteiger partial charge in [0, 0.05) is 17.6 Å². The number of esters is 1. The SMILES string of the molecule is CC1=C(C)C(O)OC1=O.CCC(CC(=O)O)CC(C)C. The van der Waals surface area contributed by atoms with Crippen molar-refractivity contribution in [2.75, 3.05) is 0 Å². The number of aliphatic hydroxyl groups excluding tert-OH is 1. The van der Waals surface area contributed by atoms with Crippen LogP contribution >= 0.6 is 0 Å². The second-order valence-corrected chi connectivity index (χ2v) is 5.57. The number of aliphatic hydroxyl groups is 1. The Kier molecular flexibility index (Phi) is 8.15. The summed E-state index contributed by atoms with van der Waals surface area (Å²) < 4.78 is 4.43. The van der Waals surface area contributed by atoms with Crippen molar-refractivity contribution in [1.82, 2.24) is 0 Å². The number of carbonyl (C=O) groups excluding carboxylic acids is 1. The van der Waals surface area contributed by atoms with E-state index in [0.717, 1.165) is 12.8 Å². The first kappa shape index (κ1) is 18.6. The van der Waals surface area contributed by atoms with Crippen LogP contribution in [0.5, 0.6) is 0 Å². The van der Waals surface area contributed by atoms with E-state index in [-0.39, 0.29) is 0 Å². The van der Waals surface area contributed by atoms with E-state index in [0.29, 0.717) is 29.4 Å². The number of aliphatic carboxylic acids is 1. The predicted octanol–water partition coefficient (Wildman–Crippen LogP) is 2.73. The molecule has 0 aliphatic carbocycles. The lowest BCUT2D eigenvalue weighted by molar-refractivity contribution is -0.152. The molecule has 1 aliphatic rings. The van der Waals surface area contributed by atoms with Gasteiger partial charge in [-0.2, -0.15) is 0 Å². The molecule has 0 saturated heterocycles. The number of carboxylic acids is 1. The summed E-state index contributed by atoms with van der Waals surface area (Å²) in [6.45, 7) is 9.61. The van der Waals surface area contributed by atoms with Crippen molar-refractivity contribution in [3.05, 3.63) is 11.1 Å². The zero-order valence-electron chi connectivity index (χ0n) is 13.0. The lowest BCUT2D eigenvalue weighted by Gasteiger charge is -2.13. The van der Waals surface area contributed by atoms with Crippen LogP contribution in [-0.4, -0.2) is 28.4 Å². The summed E-state index contributed by atoms with van der Waals surface area (Å²) in [5, 5.41) is 17.4. The maximum absolute atomic E-state index is 10.6. The van der Waals surface area contributed by atoms with Gasteiger partial charge in [0.2, 0.25) is 6.29 Å². The molecular formula is C15H26O5. The fourth-order valence-electron chi connectivity index (χ4n) is 1.93. The highest BCUT2D eigenvalue weighted by Crippen LogP contribution is 2.19. The van der Waals surface area contributed by atoms with E-state index in [2.05, 4.69) is 25.5 Å². The zero-order chi connectivity index (χ0) is 15.9. The molecule has 5 heteroatoms. The van der Waals surface area contributed by atoms with Crippen LogP contribution in [0.2, 0.25) is 0 Å². The van der Waals surface area contributed by atoms with E-state index in [4.69, 9.17) is 10.2 Å². The molecular weight excluding hydrogens is 260 g/mol. The smallest absolute Gasteiger partial charge is 0.336 e.